The molecule has 3 aromatic carbocycles. The second kappa shape index (κ2) is 7.09. The third kappa shape index (κ3) is 3.08. The van der Waals surface area contributed by atoms with E-state index in [2.05, 4.69) is 14.8 Å². The van der Waals surface area contributed by atoms with Gasteiger partial charge in [-0.3, -0.25) is 0 Å². The highest BCUT2D eigenvalue weighted by Gasteiger charge is 2.23. The molecule has 0 bridgehead atoms. The van der Waals surface area contributed by atoms with Crippen molar-refractivity contribution in [1.82, 2.24) is 14.8 Å². The molecule has 0 unspecified atom stereocenters. The van der Waals surface area contributed by atoms with Crippen molar-refractivity contribution in [2.24, 2.45) is 0 Å². The molecule has 6 heteroatoms. The van der Waals surface area contributed by atoms with Gasteiger partial charge in [0.15, 0.2) is 11.5 Å². The van der Waals surface area contributed by atoms with E-state index in [9.17, 15) is 4.39 Å². The Hall–Kier alpha value is -3.93. The zero-order valence-electron chi connectivity index (χ0n) is 16.6. The van der Waals surface area contributed by atoms with Crippen molar-refractivity contribution in [1.29, 1.82) is 0 Å². The third-order valence-corrected chi connectivity index (χ3v) is 5.56. The minimum Gasteiger partial charge on any atom is -0.486 e. The van der Waals surface area contributed by atoms with Crippen molar-refractivity contribution in [2.45, 2.75) is 6.54 Å². The van der Waals surface area contributed by atoms with Crippen molar-refractivity contribution in [3.8, 4) is 34.0 Å². The monoisotopic (exact) mass is 411 g/mol. The normalized spacial score (nSPS) is 13.1. The molecule has 3 aromatic rings. The van der Waals surface area contributed by atoms with Crippen LogP contribution in [0.4, 0.5) is 4.39 Å². The van der Waals surface area contributed by atoms with E-state index in [4.69, 9.17) is 9.47 Å². The maximum atomic E-state index is 13.8. The van der Waals surface area contributed by atoms with Crippen LogP contribution in [0.15, 0.2) is 72.9 Å². The molecule has 0 spiro atoms. The van der Waals surface area contributed by atoms with E-state index in [1.807, 2.05) is 54.7 Å². The summed E-state index contributed by atoms with van der Waals surface area (Å²) in [5, 5.41) is 9.93. The number of rotatable bonds is 3. The van der Waals surface area contributed by atoms with Crippen molar-refractivity contribution in [3.05, 3.63) is 84.3 Å². The summed E-state index contributed by atoms with van der Waals surface area (Å²) in [6.45, 7) is 1.53. The number of ether oxygens (including phenoxy) is 2. The summed E-state index contributed by atoms with van der Waals surface area (Å²) in [5.74, 6) is 1.15. The predicted octanol–water partition coefficient (Wildman–Crippen LogP) is 5.16. The maximum Gasteiger partial charge on any atom is 0.163 e. The van der Waals surface area contributed by atoms with Gasteiger partial charge in [-0.05, 0) is 23.8 Å². The van der Waals surface area contributed by atoms with Crippen LogP contribution < -0.4 is 9.47 Å². The van der Waals surface area contributed by atoms with Gasteiger partial charge < -0.3 is 14.0 Å². The Morgan fingerprint density at radius 2 is 1.61 bits per heavy atom. The summed E-state index contributed by atoms with van der Waals surface area (Å²) in [6.07, 6.45) is 2.04. The van der Waals surface area contributed by atoms with E-state index in [0.29, 0.717) is 31.3 Å². The number of nitrogens with zero attached hydrogens (tertiary/aromatic N) is 3. The first-order valence-electron chi connectivity index (χ1n) is 10.1. The number of halogens is 1. The Balaban J connectivity index is 1.61. The lowest BCUT2D eigenvalue weighted by Crippen LogP contribution is -2.15. The number of pyridine rings is 1. The van der Waals surface area contributed by atoms with Crippen LogP contribution in [0, 0.1) is 5.82 Å². The minimum absolute atomic E-state index is 0.251. The number of hydrogen-bond acceptors (Lipinski definition) is 4. The largest absolute Gasteiger partial charge is 0.486 e. The Labute approximate surface area is 178 Å². The number of benzene rings is 3. The van der Waals surface area contributed by atoms with Crippen LogP contribution in [-0.4, -0.2) is 28.0 Å². The van der Waals surface area contributed by atoms with Gasteiger partial charge in [0.05, 0.1) is 5.52 Å². The molecule has 0 aromatic heterocycles. The fraction of sp³-hybridized carbons (Fsp3) is 0.120. The third-order valence-electron chi connectivity index (χ3n) is 5.56. The lowest BCUT2D eigenvalue weighted by molar-refractivity contribution is 0.172. The first-order chi connectivity index (χ1) is 15.3. The average Bonchev–Trinajstić information content (AvgIpc) is 3.23. The lowest BCUT2D eigenvalue weighted by Gasteiger charge is -2.21. The van der Waals surface area contributed by atoms with E-state index < -0.39 is 0 Å². The van der Waals surface area contributed by atoms with Crippen LogP contribution in [0.3, 0.4) is 0 Å². The number of fused-ring (bicyclic) bond motifs is 4. The van der Waals surface area contributed by atoms with Crippen LogP contribution in [0.1, 0.15) is 5.56 Å². The molecule has 0 fully saturated rings. The molecule has 152 valence electrons. The molecule has 0 N–H and O–H groups in total. The Morgan fingerprint density at radius 1 is 0.839 bits per heavy atom. The molecule has 5 nitrogen and oxygen atoms in total. The molecule has 0 amide bonds. The van der Waals surface area contributed by atoms with Crippen LogP contribution in [-0.2, 0) is 6.54 Å². The van der Waals surface area contributed by atoms with Gasteiger partial charge in [-0.2, -0.15) is 0 Å². The summed E-state index contributed by atoms with van der Waals surface area (Å²) in [7, 11) is 0. The SMILES string of the molecule is Fc1cccc(Cn2cc3c(-c4ccccc4)nnc-3c3cc4c(cc32)OCCO4)c1. The highest BCUT2D eigenvalue weighted by atomic mass is 19.1. The summed E-state index contributed by atoms with van der Waals surface area (Å²) in [5.41, 5.74) is 5.36. The van der Waals surface area contributed by atoms with Crippen LogP contribution in [0.5, 0.6) is 11.5 Å². The highest BCUT2D eigenvalue weighted by Crippen LogP contribution is 2.41. The molecule has 31 heavy (non-hydrogen) atoms. The Kier molecular flexibility index (Phi) is 4.09. The first kappa shape index (κ1) is 17.9. The van der Waals surface area contributed by atoms with E-state index in [0.717, 1.165) is 39.0 Å². The van der Waals surface area contributed by atoms with Crippen molar-refractivity contribution in [2.75, 3.05) is 13.2 Å². The molecule has 0 radical (unpaired) electrons. The summed E-state index contributed by atoms with van der Waals surface area (Å²) >= 11 is 0. The summed E-state index contributed by atoms with van der Waals surface area (Å²) < 4.78 is 27.6. The van der Waals surface area contributed by atoms with Gasteiger partial charge in [-0.1, -0.05) is 42.5 Å². The molecular formula is C25H18FN3O2. The van der Waals surface area contributed by atoms with Gasteiger partial charge in [0.25, 0.3) is 0 Å². The summed E-state index contributed by atoms with van der Waals surface area (Å²) in [6, 6.07) is 20.6. The number of hydrogen-bond donors (Lipinski definition) is 0. The topological polar surface area (TPSA) is 49.2 Å². The van der Waals surface area contributed by atoms with Gasteiger partial charge >= 0.3 is 0 Å². The Morgan fingerprint density at radius 3 is 2.42 bits per heavy atom. The van der Waals surface area contributed by atoms with Gasteiger partial charge in [-0.25, -0.2) is 4.39 Å². The molecule has 0 aliphatic carbocycles. The molecule has 0 saturated carbocycles. The van der Waals surface area contributed by atoms with Gasteiger partial charge in [0, 0.05) is 35.3 Å². The standard InChI is InChI=1S/C25H18FN3O2/c26-18-8-4-5-16(11-18)14-29-15-20-24(17-6-2-1-3-7-17)27-28-25(20)19-12-22-23(13-21(19)29)31-10-9-30-22/h1-8,11-13,15H,9-10,14H2. The molecule has 3 aliphatic rings. The van der Waals surface area contributed by atoms with E-state index in [1.54, 1.807) is 12.1 Å². The molecular weight excluding hydrogens is 393 g/mol. The van der Waals surface area contributed by atoms with Crippen molar-refractivity contribution in [3.63, 3.8) is 0 Å². The van der Waals surface area contributed by atoms with Crippen LogP contribution >= 0.6 is 0 Å². The van der Waals surface area contributed by atoms with E-state index in [-0.39, 0.29) is 5.82 Å². The smallest absolute Gasteiger partial charge is 0.163 e. The quantitative estimate of drug-likeness (QED) is 0.411. The van der Waals surface area contributed by atoms with Gasteiger partial charge in [-0.15, -0.1) is 10.2 Å². The zero-order valence-corrected chi connectivity index (χ0v) is 16.6. The predicted molar refractivity (Wildman–Crippen MR) is 116 cm³/mol. The van der Waals surface area contributed by atoms with E-state index in [1.165, 1.54) is 6.07 Å². The minimum atomic E-state index is -0.251. The van der Waals surface area contributed by atoms with Crippen LogP contribution in [0.2, 0.25) is 0 Å². The fourth-order valence-corrected chi connectivity index (χ4v) is 4.14. The summed E-state index contributed by atoms with van der Waals surface area (Å²) in [4.78, 5) is 0. The second-order valence-electron chi connectivity index (χ2n) is 7.58. The van der Waals surface area contributed by atoms with Crippen LogP contribution in [0.25, 0.3) is 33.4 Å². The van der Waals surface area contributed by atoms with Gasteiger partial charge in [0.1, 0.15) is 30.4 Å². The van der Waals surface area contributed by atoms with E-state index >= 15 is 0 Å². The van der Waals surface area contributed by atoms with Gasteiger partial charge in [0.2, 0.25) is 0 Å². The fourth-order valence-electron chi connectivity index (χ4n) is 4.14. The van der Waals surface area contributed by atoms with Crippen molar-refractivity contribution >= 4 is 10.9 Å². The molecule has 0 saturated heterocycles. The number of aromatic nitrogens is 3. The average molecular weight is 411 g/mol. The first-order valence-corrected chi connectivity index (χ1v) is 10.1. The van der Waals surface area contributed by atoms with Crippen molar-refractivity contribution < 1.29 is 13.9 Å². The zero-order chi connectivity index (χ0) is 20.8. The lowest BCUT2D eigenvalue weighted by atomic mass is 10.0. The Bertz CT molecular complexity index is 1380. The maximum absolute atomic E-state index is 13.8. The molecule has 0 atom stereocenters. The molecule has 3 heterocycles. The highest BCUT2D eigenvalue weighted by molar-refractivity contribution is 5.99. The molecule has 3 aliphatic heterocycles. The molecule has 6 rings (SSSR count). The second-order valence-corrected chi connectivity index (χ2v) is 7.58.